The zero-order valence-corrected chi connectivity index (χ0v) is 10.9. The van der Waals surface area contributed by atoms with Gasteiger partial charge in [-0.3, -0.25) is 15.0 Å². The van der Waals surface area contributed by atoms with Crippen molar-refractivity contribution >= 4 is 17.2 Å². The molecule has 100 valence electrons. The number of nitrogens with two attached hydrogens (primary N) is 1. The molecule has 0 saturated heterocycles. The summed E-state index contributed by atoms with van der Waals surface area (Å²) in [7, 11) is 1.48. The number of rotatable bonds is 4. The third-order valence-corrected chi connectivity index (χ3v) is 3.44. The highest BCUT2D eigenvalue weighted by Gasteiger charge is 2.09. The number of hydrazine groups is 1. The van der Waals surface area contributed by atoms with E-state index in [-0.39, 0.29) is 18.0 Å². The van der Waals surface area contributed by atoms with Gasteiger partial charge in [-0.05, 0) is 12.1 Å². The molecule has 0 atom stereocenters. The molecule has 0 aliphatic rings. The molecule has 2 aromatic heterocycles. The summed E-state index contributed by atoms with van der Waals surface area (Å²) in [6.07, 6.45) is 0. The first kappa shape index (κ1) is 13.2. The summed E-state index contributed by atoms with van der Waals surface area (Å²) in [6.45, 7) is 0.276. The van der Waals surface area contributed by atoms with Crippen molar-refractivity contribution in [2.75, 3.05) is 7.11 Å². The fourth-order valence-electron chi connectivity index (χ4n) is 1.46. The molecule has 19 heavy (non-hydrogen) atoms. The van der Waals surface area contributed by atoms with Gasteiger partial charge < -0.3 is 4.74 Å². The molecule has 2 aromatic rings. The van der Waals surface area contributed by atoms with Gasteiger partial charge in [-0.2, -0.15) is 0 Å². The molecule has 0 aliphatic carbocycles. The van der Waals surface area contributed by atoms with E-state index in [0.29, 0.717) is 10.8 Å². The van der Waals surface area contributed by atoms with E-state index in [1.807, 2.05) is 0 Å². The predicted octanol–water partition coefficient (Wildman–Crippen LogP) is -0.0348. The predicted molar refractivity (Wildman–Crippen MR) is 70.1 cm³/mol. The molecule has 0 fully saturated rings. The van der Waals surface area contributed by atoms with Crippen LogP contribution in [0.2, 0.25) is 0 Å². The second-order valence-electron chi connectivity index (χ2n) is 3.61. The summed E-state index contributed by atoms with van der Waals surface area (Å²) in [6, 6.07) is 6.28. The highest BCUT2D eigenvalue weighted by atomic mass is 32.1. The Balaban J connectivity index is 2.23. The van der Waals surface area contributed by atoms with Crippen molar-refractivity contribution in [3.05, 3.63) is 44.4 Å². The first-order valence-corrected chi connectivity index (χ1v) is 6.17. The monoisotopic (exact) mass is 280 g/mol. The Morgan fingerprint density at radius 2 is 2.26 bits per heavy atom. The van der Waals surface area contributed by atoms with Crippen molar-refractivity contribution in [3.8, 4) is 5.88 Å². The lowest BCUT2D eigenvalue weighted by Gasteiger charge is -2.04. The van der Waals surface area contributed by atoms with Crippen molar-refractivity contribution in [1.82, 2.24) is 15.2 Å². The van der Waals surface area contributed by atoms with E-state index < -0.39 is 0 Å². The topological polar surface area (TPSA) is 99.2 Å². The molecule has 3 N–H and O–H groups in total. The minimum Gasteiger partial charge on any atom is -0.480 e. The van der Waals surface area contributed by atoms with Crippen LogP contribution in [-0.2, 0) is 6.54 Å². The summed E-state index contributed by atoms with van der Waals surface area (Å²) < 4.78 is 6.23. The minimum atomic E-state index is -0.359. The van der Waals surface area contributed by atoms with E-state index in [2.05, 4.69) is 10.5 Å². The molecule has 1 amide bonds. The summed E-state index contributed by atoms with van der Waals surface area (Å²) in [4.78, 5) is 24.3. The molecule has 2 rings (SSSR count). The standard InChI is InChI=1S/C11H12N4O3S/c1-18-9-4-5-10(16)15(14-9)6-7-2-3-8(19-7)11(17)13-12/h2-5H,6,12H2,1H3,(H,13,17). The zero-order valence-electron chi connectivity index (χ0n) is 10.1. The van der Waals surface area contributed by atoms with Crippen LogP contribution in [0.3, 0.4) is 0 Å². The lowest BCUT2D eigenvalue weighted by molar-refractivity contribution is 0.0957. The van der Waals surface area contributed by atoms with Crippen molar-refractivity contribution in [1.29, 1.82) is 0 Å². The van der Waals surface area contributed by atoms with E-state index in [4.69, 9.17) is 10.6 Å². The lowest BCUT2D eigenvalue weighted by atomic mass is 10.4. The third kappa shape index (κ3) is 2.98. The normalized spacial score (nSPS) is 10.2. The smallest absolute Gasteiger partial charge is 0.275 e. The van der Waals surface area contributed by atoms with Crippen LogP contribution in [0.25, 0.3) is 0 Å². The number of carbonyl (C=O) groups excluding carboxylic acids is 1. The van der Waals surface area contributed by atoms with Gasteiger partial charge in [0, 0.05) is 17.0 Å². The molecular weight excluding hydrogens is 268 g/mol. The van der Waals surface area contributed by atoms with Gasteiger partial charge in [-0.15, -0.1) is 16.4 Å². The van der Waals surface area contributed by atoms with Crippen molar-refractivity contribution < 1.29 is 9.53 Å². The second kappa shape index (κ2) is 5.63. The van der Waals surface area contributed by atoms with Gasteiger partial charge in [-0.1, -0.05) is 0 Å². The Morgan fingerprint density at radius 3 is 2.95 bits per heavy atom. The molecule has 0 aromatic carbocycles. The van der Waals surface area contributed by atoms with E-state index in [1.165, 1.54) is 35.3 Å². The molecule has 0 aliphatic heterocycles. The molecule has 2 heterocycles. The Bertz CT molecular complexity index is 649. The number of amides is 1. The number of hydrogen-bond acceptors (Lipinski definition) is 6. The van der Waals surface area contributed by atoms with Gasteiger partial charge in [0.05, 0.1) is 18.5 Å². The molecular formula is C11H12N4O3S. The highest BCUT2D eigenvalue weighted by Crippen LogP contribution is 2.16. The SMILES string of the molecule is COc1ccc(=O)n(Cc2ccc(C(=O)NN)s2)n1. The van der Waals surface area contributed by atoms with Crippen LogP contribution in [0.4, 0.5) is 0 Å². The van der Waals surface area contributed by atoms with Crippen LogP contribution in [0, 0.1) is 0 Å². The third-order valence-electron chi connectivity index (χ3n) is 2.37. The first-order chi connectivity index (χ1) is 9.13. The minimum absolute atomic E-state index is 0.237. The molecule has 0 unspecified atom stereocenters. The van der Waals surface area contributed by atoms with E-state index in [0.717, 1.165) is 4.88 Å². The van der Waals surface area contributed by atoms with Crippen molar-refractivity contribution in [2.45, 2.75) is 6.54 Å². The van der Waals surface area contributed by atoms with Gasteiger partial charge >= 0.3 is 0 Å². The van der Waals surface area contributed by atoms with Crippen LogP contribution < -0.4 is 21.6 Å². The Kier molecular flexibility index (Phi) is 3.93. The Hall–Kier alpha value is -2.19. The van der Waals surface area contributed by atoms with Crippen LogP contribution in [0.1, 0.15) is 14.5 Å². The average molecular weight is 280 g/mol. The van der Waals surface area contributed by atoms with Crippen LogP contribution in [0.15, 0.2) is 29.1 Å². The molecule has 0 saturated carbocycles. The summed E-state index contributed by atoms with van der Waals surface area (Å²) >= 11 is 1.25. The highest BCUT2D eigenvalue weighted by molar-refractivity contribution is 7.14. The molecule has 0 bridgehead atoms. The molecule has 0 spiro atoms. The molecule has 0 radical (unpaired) electrons. The number of methoxy groups -OCH3 is 1. The van der Waals surface area contributed by atoms with Gasteiger partial charge in [-0.25, -0.2) is 10.5 Å². The molecule has 7 nitrogen and oxygen atoms in total. The van der Waals surface area contributed by atoms with Gasteiger partial charge in [0.2, 0.25) is 5.88 Å². The number of hydrogen-bond donors (Lipinski definition) is 2. The lowest BCUT2D eigenvalue weighted by Crippen LogP contribution is -2.29. The summed E-state index contributed by atoms with van der Waals surface area (Å²) in [5.74, 6) is 5.05. The fourth-order valence-corrected chi connectivity index (χ4v) is 2.35. The maximum Gasteiger partial charge on any atom is 0.275 e. The maximum atomic E-state index is 11.6. The van der Waals surface area contributed by atoms with Gasteiger partial charge in [0.1, 0.15) is 0 Å². The van der Waals surface area contributed by atoms with Crippen molar-refractivity contribution in [2.24, 2.45) is 5.84 Å². The van der Waals surface area contributed by atoms with E-state index >= 15 is 0 Å². The first-order valence-electron chi connectivity index (χ1n) is 5.36. The summed E-state index contributed by atoms with van der Waals surface area (Å²) in [5.41, 5.74) is 1.82. The summed E-state index contributed by atoms with van der Waals surface area (Å²) in [5, 5.41) is 4.02. The number of thiophene rings is 1. The number of carbonyl (C=O) groups is 1. The average Bonchev–Trinajstić information content (AvgIpc) is 2.89. The fraction of sp³-hybridized carbons (Fsp3) is 0.182. The maximum absolute atomic E-state index is 11.6. The number of nitrogens with one attached hydrogen (secondary N) is 1. The van der Waals surface area contributed by atoms with Crippen LogP contribution >= 0.6 is 11.3 Å². The van der Waals surface area contributed by atoms with Crippen LogP contribution in [-0.4, -0.2) is 22.8 Å². The zero-order chi connectivity index (χ0) is 13.8. The van der Waals surface area contributed by atoms with Gasteiger partial charge in [0.15, 0.2) is 0 Å². The van der Waals surface area contributed by atoms with Crippen molar-refractivity contribution in [3.63, 3.8) is 0 Å². The number of nitrogen functional groups attached to an aromatic ring is 1. The van der Waals surface area contributed by atoms with Crippen LogP contribution in [0.5, 0.6) is 5.88 Å². The number of nitrogens with zero attached hydrogens (tertiary/aromatic N) is 2. The number of ether oxygens (including phenoxy) is 1. The van der Waals surface area contributed by atoms with E-state index in [9.17, 15) is 9.59 Å². The number of aromatic nitrogens is 2. The quantitative estimate of drug-likeness (QED) is 0.465. The van der Waals surface area contributed by atoms with Gasteiger partial charge in [0.25, 0.3) is 11.5 Å². The second-order valence-corrected chi connectivity index (χ2v) is 4.78. The Morgan fingerprint density at radius 1 is 1.47 bits per heavy atom. The Labute approximate surface area is 112 Å². The largest absolute Gasteiger partial charge is 0.480 e. The molecule has 8 heteroatoms. The van der Waals surface area contributed by atoms with E-state index in [1.54, 1.807) is 12.1 Å².